The number of rotatable bonds is 3. The SMILES string of the molecule is CCC1CCC(N(C)C(=O)C2(C)COCC2N)CC1. The Morgan fingerprint density at radius 2 is 2.00 bits per heavy atom. The van der Waals surface area contributed by atoms with Crippen molar-refractivity contribution in [3.63, 3.8) is 0 Å². The summed E-state index contributed by atoms with van der Waals surface area (Å²) < 4.78 is 5.39. The molecule has 110 valence electrons. The lowest BCUT2D eigenvalue weighted by Crippen LogP contribution is -2.53. The van der Waals surface area contributed by atoms with Crippen LogP contribution in [0, 0.1) is 11.3 Å². The molecule has 1 heterocycles. The van der Waals surface area contributed by atoms with E-state index in [4.69, 9.17) is 10.5 Å². The highest BCUT2D eigenvalue weighted by molar-refractivity contribution is 5.83. The topological polar surface area (TPSA) is 55.6 Å². The minimum absolute atomic E-state index is 0.164. The molecule has 0 aromatic heterocycles. The summed E-state index contributed by atoms with van der Waals surface area (Å²) in [5.74, 6) is 1.02. The second-order valence-corrected chi connectivity index (χ2v) is 6.54. The number of nitrogens with two attached hydrogens (primary N) is 1. The van der Waals surface area contributed by atoms with E-state index in [0.29, 0.717) is 19.3 Å². The van der Waals surface area contributed by atoms with Crippen molar-refractivity contribution in [2.45, 2.75) is 58.0 Å². The zero-order valence-electron chi connectivity index (χ0n) is 12.5. The summed E-state index contributed by atoms with van der Waals surface area (Å²) in [5, 5.41) is 0. The standard InChI is InChI=1S/C15H28N2O2/c1-4-11-5-7-12(8-6-11)17(3)14(18)15(2)10-19-9-13(15)16/h11-13H,4-10,16H2,1-3H3. The van der Waals surface area contributed by atoms with Crippen LogP contribution in [-0.4, -0.2) is 43.2 Å². The fourth-order valence-corrected chi connectivity index (χ4v) is 3.42. The van der Waals surface area contributed by atoms with Crippen LogP contribution in [0.3, 0.4) is 0 Å². The molecule has 2 rings (SSSR count). The molecule has 1 aliphatic carbocycles. The minimum Gasteiger partial charge on any atom is -0.379 e. The summed E-state index contributed by atoms with van der Waals surface area (Å²) >= 11 is 0. The van der Waals surface area contributed by atoms with Crippen molar-refractivity contribution < 1.29 is 9.53 Å². The van der Waals surface area contributed by atoms with Gasteiger partial charge in [0.05, 0.1) is 18.6 Å². The molecule has 2 atom stereocenters. The highest BCUT2D eigenvalue weighted by Gasteiger charge is 2.46. The highest BCUT2D eigenvalue weighted by atomic mass is 16.5. The largest absolute Gasteiger partial charge is 0.379 e. The Bertz CT molecular complexity index is 326. The molecule has 0 bridgehead atoms. The van der Waals surface area contributed by atoms with Crippen LogP contribution in [-0.2, 0) is 9.53 Å². The summed E-state index contributed by atoms with van der Waals surface area (Å²) in [6.07, 6.45) is 6.02. The van der Waals surface area contributed by atoms with E-state index in [1.54, 1.807) is 0 Å². The third-order valence-corrected chi connectivity index (χ3v) is 5.27. The molecule has 0 radical (unpaired) electrons. The first-order valence-corrected chi connectivity index (χ1v) is 7.59. The van der Waals surface area contributed by atoms with Crippen molar-refractivity contribution >= 4 is 5.91 Å². The van der Waals surface area contributed by atoms with E-state index in [0.717, 1.165) is 18.8 Å². The van der Waals surface area contributed by atoms with Gasteiger partial charge in [-0.1, -0.05) is 13.3 Å². The number of ether oxygens (including phenoxy) is 1. The van der Waals surface area contributed by atoms with Crippen LogP contribution in [0.2, 0.25) is 0 Å². The van der Waals surface area contributed by atoms with Gasteiger partial charge in [-0.25, -0.2) is 0 Å². The molecule has 1 saturated heterocycles. The first-order chi connectivity index (χ1) is 8.99. The summed E-state index contributed by atoms with van der Waals surface area (Å²) in [6.45, 7) is 5.16. The predicted octanol–water partition coefficient (Wildman–Crippen LogP) is 1.78. The third kappa shape index (κ3) is 2.79. The van der Waals surface area contributed by atoms with Crippen LogP contribution in [0.1, 0.15) is 46.0 Å². The Labute approximate surface area is 116 Å². The number of hydrogen-bond donors (Lipinski definition) is 1. The Morgan fingerprint density at radius 1 is 1.37 bits per heavy atom. The average Bonchev–Trinajstić information content (AvgIpc) is 2.78. The second-order valence-electron chi connectivity index (χ2n) is 6.54. The van der Waals surface area contributed by atoms with E-state index < -0.39 is 5.41 Å². The van der Waals surface area contributed by atoms with Crippen molar-refractivity contribution in [2.75, 3.05) is 20.3 Å². The maximum Gasteiger partial charge on any atom is 0.232 e. The first kappa shape index (κ1) is 14.8. The quantitative estimate of drug-likeness (QED) is 0.849. The zero-order chi connectivity index (χ0) is 14.0. The Morgan fingerprint density at radius 3 is 2.47 bits per heavy atom. The van der Waals surface area contributed by atoms with Crippen molar-refractivity contribution in [2.24, 2.45) is 17.1 Å². The van der Waals surface area contributed by atoms with Crippen LogP contribution in [0.15, 0.2) is 0 Å². The van der Waals surface area contributed by atoms with Crippen LogP contribution in [0.25, 0.3) is 0 Å². The second kappa shape index (κ2) is 5.80. The molecule has 4 heteroatoms. The van der Waals surface area contributed by atoms with E-state index in [2.05, 4.69) is 6.92 Å². The zero-order valence-corrected chi connectivity index (χ0v) is 12.5. The third-order valence-electron chi connectivity index (χ3n) is 5.27. The van der Waals surface area contributed by atoms with Gasteiger partial charge >= 0.3 is 0 Å². The van der Waals surface area contributed by atoms with E-state index in [-0.39, 0.29) is 11.9 Å². The average molecular weight is 268 g/mol. The molecule has 1 aliphatic heterocycles. The van der Waals surface area contributed by atoms with Crippen molar-refractivity contribution in [3.8, 4) is 0 Å². The first-order valence-electron chi connectivity index (χ1n) is 7.59. The predicted molar refractivity (Wildman–Crippen MR) is 75.7 cm³/mol. The van der Waals surface area contributed by atoms with Gasteiger partial charge < -0.3 is 15.4 Å². The van der Waals surface area contributed by atoms with Crippen molar-refractivity contribution in [1.82, 2.24) is 4.90 Å². The minimum atomic E-state index is -0.531. The summed E-state index contributed by atoms with van der Waals surface area (Å²) in [6, 6.07) is 0.217. The van der Waals surface area contributed by atoms with E-state index >= 15 is 0 Å². The Hall–Kier alpha value is -0.610. The number of carbonyl (C=O) groups excluding carboxylic acids is 1. The summed E-state index contributed by atoms with van der Waals surface area (Å²) in [4.78, 5) is 14.6. The van der Waals surface area contributed by atoms with Gasteiger partial charge in [0.25, 0.3) is 0 Å². The van der Waals surface area contributed by atoms with Gasteiger partial charge in [0.1, 0.15) is 0 Å². The molecule has 2 fully saturated rings. The monoisotopic (exact) mass is 268 g/mol. The fraction of sp³-hybridized carbons (Fsp3) is 0.933. The van der Waals surface area contributed by atoms with E-state index in [9.17, 15) is 4.79 Å². The molecule has 2 aliphatic rings. The van der Waals surface area contributed by atoms with Gasteiger partial charge in [-0.2, -0.15) is 0 Å². The smallest absolute Gasteiger partial charge is 0.232 e. The number of nitrogens with zero attached hydrogens (tertiary/aromatic N) is 1. The van der Waals surface area contributed by atoms with Crippen molar-refractivity contribution in [1.29, 1.82) is 0 Å². The van der Waals surface area contributed by atoms with Gasteiger partial charge in [0, 0.05) is 19.1 Å². The molecule has 2 N–H and O–H groups in total. The molecule has 19 heavy (non-hydrogen) atoms. The number of hydrogen-bond acceptors (Lipinski definition) is 3. The van der Waals surface area contributed by atoms with Gasteiger partial charge in [0.15, 0.2) is 0 Å². The molecule has 0 aromatic rings. The summed E-state index contributed by atoms with van der Waals surface area (Å²) in [7, 11) is 1.94. The number of carbonyl (C=O) groups is 1. The lowest BCUT2D eigenvalue weighted by Gasteiger charge is -2.39. The summed E-state index contributed by atoms with van der Waals surface area (Å²) in [5.41, 5.74) is 5.52. The molecule has 0 spiro atoms. The highest BCUT2D eigenvalue weighted by Crippen LogP contribution is 2.34. The van der Waals surface area contributed by atoms with Crippen LogP contribution < -0.4 is 5.73 Å². The Balaban J connectivity index is 1.96. The van der Waals surface area contributed by atoms with Crippen LogP contribution >= 0.6 is 0 Å². The maximum absolute atomic E-state index is 12.7. The Kier molecular flexibility index (Phi) is 4.51. The molecular formula is C15H28N2O2. The van der Waals surface area contributed by atoms with Crippen LogP contribution in [0.4, 0.5) is 0 Å². The normalized spacial score (nSPS) is 39.3. The van der Waals surface area contributed by atoms with Gasteiger partial charge in [-0.3, -0.25) is 4.79 Å². The fourth-order valence-electron chi connectivity index (χ4n) is 3.42. The lowest BCUT2D eigenvalue weighted by molar-refractivity contribution is -0.143. The van der Waals surface area contributed by atoms with Gasteiger partial charge in [-0.15, -0.1) is 0 Å². The van der Waals surface area contributed by atoms with Gasteiger partial charge in [-0.05, 0) is 38.5 Å². The van der Waals surface area contributed by atoms with Gasteiger partial charge in [0.2, 0.25) is 5.91 Å². The van der Waals surface area contributed by atoms with E-state index in [1.165, 1.54) is 19.3 Å². The molecule has 4 nitrogen and oxygen atoms in total. The number of amides is 1. The molecule has 1 amide bonds. The maximum atomic E-state index is 12.7. The molecule has 0 aromatic carbocycles. The lowest BCUT2D eigenvalue weighted by atomic mass is 9.81. The van der Waals surface area contributed by atoms with Crippen molar-refractivity contribution in [3.05, 3.63) is 0 Å². The van der Waals surface area contributed by atoms with E-state index in [1.807, 2.05) is 18.9 Å². The molecule has 1 saturated carbocycles. The molecular weight excluding hydrogens is 240 g/mol. The molecule has 2 unspecified atom stereocenters. The van der Waals surface area contributed by atoms with Crippen LogP contribution in [0.5, 0.6) is 0 Å².